The summed E-state index contributed by atoms with van der Waals surface area (Å²) in [5, 5.41) is 9.71. The fraction of sp³-hybridized carbons (Fsp3) is 0.105. The summed E-state index contributed by atoms with van der Waals surface area (Å²) in [4.78, 5) is 23.5. The van der Waals surface area contributed by atoms with Crippen molar-refractivity contribution in [2.75, 3.05) is 5.32 Å². The minimum atomic E-state index is -0.281. The van der Waals surface area contributed by atoms with Gasteiger partial charge < -0.3 is 5.32 Å². The Morgan fingerprint density at radius 2 is 1.67 bits per heavy atom. The first-order valence-electron chi connectivity index (χ1n) is 7.58. The molecule has 2 N–H and O–H groups in total. The number of Topliss-reactive ketones (excluding diaryl/α,β-unsaturated/α-hetero) is 1. The molecule has 120 valence electrons. The highest BCUT2D eigenvalue weighted by atomic mass is 16.2. The Balaban J connectivity index is 1.73. The van der Waals surface area contributed by atoms with Crippen LogP contribution < -0.4 is 5.32 Å². The molecule has 5 nitrogen and oxygen atoms in total. The van der Waals surface area contributed by atoms with Crippen LogP contribution in [0.15, 0.2) is 54.6 Å². The predicted octanol–water partition coefficient (Wildman–Crippen LogP) is 3.84. The molecule has 5 heteroatoms. The predicted molar refractivity (Wildman–Crippen MR) is 93.2 cm³/mol. The number of nitrogens with one attached hydrogen (secondary N) is 2. The van der Waals surface area contributed by atoms with Crippen molar-refractivity contribution in [2.24, 2.45) is 0 Å². The fourth-order valence-electron chi connectivity index (χ4n) is 2.30. The van der Waals surface area contributed by atoms with Crippen LogP contribution in [0.1, 0.15) is 33.3 Å². The van der Waals surface area contributed by atoms with Gasteiger partial charge in [-0.15, -0.1) is 0 Å². The molecular formula is C19H17N3O2. The molecule has 1 aromatic heterocycles. The highest BCUT2D eigenvalue weighted by Gasteiger charge is 2.11. The van der Waals surface area contributed by atoms with Crippen molar-refractivity contribution in [1.29, 1.82) is 0 Å². The lowest BCUT2D eigenvalue weighted by Crippen LogP contribution is -2.12. The first kappa shape index (κ1) is 15.7. The standard InChI is InChI=1S/C19H17N3O2/c1-12-3-5-15(6-4-12)17-11-18(22-21-17)19(24)20-16-9-7-14(8-10-16)13(2)23/h3-11H,1-2H3,(H,20,24)(H,21,22). The molecule has 1 amide bonds. The van der Waals surface area contributed by atoms with Crippen LogP contribution >= 0.6 is 0 Å². The number of carbonyl (C=O) groups is 2. The van der Waals surface area contributed by atoms with E-state index in [2.05, 4.69) is 15.5 Å². The zero-order valence-corrected chi connectivity index (χ0v) is 13.5. The largest absolute Gasteiger partial charge is 0.321 e. The molecule has 2 aromatic carbocycles. The van der Waals surface area contributed by atoms with Gasteiger partial charge in [0.15, 0.2) is 5.78 Å². The van der Waals surface area contributed by atoms with Crippen molar-refractivity contribution >= 4 is 17.4 Å². The van der Waals surface area contributed by atoms with Crippen molar-refractivity contribution in [1.82, 2.24) is 10.2 Å². The average molecular weight is 319 g/mol. The van der Waals surface area contributed by atoms with Crippen molar-refractivity contribution in [3.63, 3.8) is 0 Å². The van der Waals surface area contributed by atoms with Gasteiger partial charge in [-0.1, -0.05) is 29.8 Å². The van der Waals surface area contributed by atoms with Gasteiger partial charge in [-0.05, 0) is 44.2 Å². The molecule has 0 radical (unpaired) electrons. The number of carbonyl (C=O) groups excluding carboxylic acids is 2. The van der Waals surface area contributed by atoms with Gasteiger partial charge in [-0.25, -0.2) is 0 Å². The van der Waals surface area contributed by atoms with Gasteiger partial charge >= 0.3 is 0 Å². The molecule has 0 bridgehead atoms. The summed E-state index contributed by atoms with van der Waals surface area (Å²) >= 11 is 0. The number of hydrogen-bond acceptors (Lipinski definition) is 3. The average Bonchev–Trinajstić information content (AvgIpc) is 3.06. The van der Waals surface area contributed by atoms with E-state index < -0.39 is 0 Å². The second kappa shape index (κ2) is 6.50. The quantitative estimate of drug-likeness (QED) is 0.717. The Morgan fingerprint density at radius 3 is 2.29 bits per heavy atom. The van der Waals surface area contributed by atoms with Gasteiger partial charge in [-0.3, -0.25) is 14.7 Å². The number of hydrogen-bond donors (Lipinski definition) is 2. The third-order valence-electron chi connectivity index (χ3n) is 3.72. The van der Waals surface area contributed by atoms with Crippen molar-refractivity contribution in [3.05, 3.63) is 71.4 Å². The molecular weight excluding hydrogens is 302 g/mol. The van der Waals surface area contributed by atoms with Crippen LogP contribution in [0.25, 0.3) is 11.3 Å². The minimum Gasteiger partial charge on any atom is -0.321 e. The van der Waals surface area contributed by atoms with Crippen LogP contribution in [0.5, 0.6) is 0 Å². The van der Waals surface area contributed by atoms with Gasteiger partial charge in [0.25, 0.3) is 5.91 Å². The second-order valence-electron chi connectivity index (χ2n) is 5.62. The number of ketones is 1. The number of benzene rings is 2. The Kier molecular flexibility index (Phi) is 4.24. The number of H-pyrrole nitrogens is 1. The number of aromatic nitrogens is 2. The molecule has 3 aromatic rings. The van der Waals surface area contributed by atoms with E-state index in [0.717, 1.165) is 5.56 Å². The van der Waals surface area contributed by atoms with E-state index in [4.69, 9.17) is 0 Å². The van der Waals surface area contributed by atoms with E-state index in [1.54, 1.807) is 30.3 Å². The maximum atomic E-state index is 12.3. The van der Waals surface area contributed by atoms with Crippen molar-refractivity contribution in [2.45, 2.75) is 13.8 Å². The van der Waals surface area contributed by atoms with E-state index in [9.17, 15) is 9.59 Å². The van der Waals surface area contributed by atoms with E-state index >= 15 is 0 Å². The summed E-state index contributed by atoms with van der Waals surface area (Å²) in [6.45, 7) is 3.52. The van der Waals surface area contributed by atoms with Gasteiger partial charge in [0, 0.05) is 16.8 Å². The van der Waals surface area contributed by atoms with Crippen LogP contribution in [0, 0.1) is 6.92 Å². The van der Waals surface area contributed by atoms with Gasteiger partial charge in [0.1, 0.15) is 5.69 Å². The van der Waals surface area contributed by atoms with Crippen molar-refractivity contribution < 1.29 is 9.59 Å². The third-order valence-corrected chi connectivity index (χ3v) is 3.72. The van der Waals surface area contributed by atoms with Gasteiger partial charge in [-0.2, -0.15) is 5.10 Å². The summed E-state index contributed by atoms with van der Waals surface area (Å²) in [6, 6.07) is 16.4. The summed E-state index contributed by atoms with van der Waals surface area (Å²) in [6.07, 6.45) is 0. The Bertz CT molecular complexity index is 878. The molecule has 0 saturated carbocycles. The minimum absolute atomic E-state index is 0.0100. The number of amides is 1. The topological polar surface area (TPSA) is 74.8 Å². The van der Waals surface area contributed by atoms with E-state index in [-0.39, 0.29) is 11.7 Å². The summed E-state index contributed by atoms with van der Waals surface area (Å²) in [5.74, 6) is -0.291. The Morgan fingerprint density at radius 1 is 1.00 bits per heavy atom. The zero-order chi connectivity index (χ0) is 17.1. The number of rotatable bonds is 4. The van der Waals surface area contributed by atoms with Crippen LogP contribution in [0.4, 0.5) is 5.69 Å². The Labute approximate surface area is 139 Å². The molecule has 24 heavy (non-hydrogen) atoms. The smallest absolute Gasteiger partial charge is 0.273 e. The zero-order valence-electron chi connectivity index (χ0n) is 13.5. The van der Waals surface area contributed by atoms with Crippen LogP contribution in [0.3, 0.4) is 0 Å². The number of anilines is 1. The normalized spacial score (nSPS) is 10.4. The van der Waals surface area contributed by atoms with Crippen molar-refractivity contribution in [3.8, 4) is 11.3 Å². The lowest BCUT2D eigenvalue weighted by Gasteiger charge is -2.04. The molecule has 0 atom stereocenters. The Hall–Kier alpha value is -3.21. The molecule has 0 saturated heterocycles. The van der Waals surface area contributed by atoms with Crippen LogP contribution in [0.2, 0.25) is 0 Å². The van der Waals surface area contributed by atoms with E-state index in [1.807, 2.05) is 31.2 Å². The molecule has 0 aliphatic rings. The van der Waals surface area contributed by atoms with Crippen LogP contribution in [-0.2, 0) is 0 Å². The second-order valence-corrected chi connectivity index (χ2v) is 5.62. The maximum Gasteiger partial charge on any atom is 0.273 e. The number of nitrogens with zero attached hydrogens (tertiary/aromatic N) is 1. The molecule has 0 spiro atoms. The van der Waals surface area contributed by atoms with Gasteiger partial charge in [0.2, 0.25) is 0 Å². The monoisotopic (exact) mass is 319 g/mol. The number of aromatic amines is 1. The maximum absolute atomic E-state index is 12.3. The first-order valence-corrected chi connectivity index (χ1v) is 7.58. The highest BCUT2D eigenvalue weighted by molar-refractivity contribution is 6.03. The molecule has 0 fully saturated rings. The lowest BCUT2D eigenvalue weighted by atomic mass is 10.1. The summed E-state index contributed by atoms with van der Waals surface area (Å²) in [5.41, 5.74) is 4.43. The van der Waals surface area contributed by atoms with E-state index in [0.29, 0.717) is 22.6 Å². The first-order chi connectivity index (χ1) is 11.5. The van der Waals surface area contributed by atoms with Crippen LogP contribution in [-0.4, -0.2) is 21.9 Å². The summed E-state index contributed by atoms with van der Waals surface area (Å²) < 4.78 is 0. The SMILES string of the molecule is CC(=O)c1ccc(NC(=O)c2cc(-c3ccc(C)cc3)n[nH]2)cc1. The summed E-state index contributed by atoms with van der Waals surface area (Å²) in [7, 11) is 0. The molecule has 0 aliphatic heterocycles. The highest BCUT2D eigenvalue weighted by Crippen LogP contribution is 2.19. The molecule has 1 heterocycles. The molecule has 0 unspecified atom stereocenters. The fourth-order valence-corrected chi connectivity index (χ4v) is 2.30. The van der Waals surface area contributed by atoms with Gasteiger partial charge in [0.05, 0.1) is 5.69 Å². The molecule has 3 rings (SSSR count). The lowest BCUT2D eigenvalue weighted by molar-refractivity contribution is 0.101. The third kappa shape index (κ3) is 3.41. The number of aryl methyl sites for hydroxylation is 1. The van der Waals surface area contributed by atoms with E-state index in [1.165, 1.54) is 12.5 Å². The molecule has 0 aliphatic carbocycles.